The number of halogens is 2. The molecule has 1 aliphatic rings. The maximum Gasteiger partial charge on any atom is 0.343 e. The summed E-state index contributed by atoms with van der Waals surface area (Å²) in [6.45, 7) is 0.112. The molecule has 0 radical (unpaired) electrons. The molecular formula is C23H14ClFO5. The van der Waals surface area contributed by atoms with Gasteiger partial charge in [0, 0.05) is 11.1 Å². The lowest BCUT2D eigenvalue weighted by atomic mass is 10.1. The van der Waals surface area contributed by atoms with Crippen LogP contribution in [-0.2, 0) is 0 Å². The summed E-state index contributed by atoms with van der Waals surface area (Å²) in [5, 5.41) is 0.213. The molecule has 0 saturated carbocycles. The summed E-state index contributed by atoms with van der Waals surface area (Å²) in [6.07, 6.45) is 2.56. The van der Waals surface area contributed by atoms with E-state index in [0.29, 0.717) is 22.6 Å². The van der Waals surface area contributed by atoms with Gasteiger partial charge in [-0.2, -0.15) is 0 Å². The number of carbonyl (C=O) groups is 2. The molecule has 1 heterocycles. The standard InChI is InChI=1S/C23H14ClFO5/c24-18-2-1-3-19(25)17(18)9-10-20(26)14-4-7-16(8-5-14)30-23(27)15-6-11-21-22(12-15)29-13-28-21/h1-12H,13H2/b10-9+. The van der Waals surface area contributed by atoms with E-state index in [2.05, 4.69) is 0 Å². The lowest BCUT2D eigenvalue weighted by Crippen LogP contribution is -2.08. The lowest BCUT2D eigenvalue weighted by molar-refractivity contribution is 0.0734. The van der Waals surface area contributed by atoms with Crippen molar-refractivity contribution in [3.8, 4) is 17.2 Å². The molecule has 0 N–H and O–H groups in total. The molecule has 0 fully saturated rings. The first-order valence-corrected chi connectivity index (χ1v) is 9.27. The van der Waals surface area contributed by atoms with Gasteiger partial charge in [-0.1, -0.05) is 17.7 Å². The molecule has 0 aliphatic carbocycles. The molecule has 4 rings (SSSR count). The van der Waals surface area contributed by atoms with Crippen molar-refractivity contribution < 1.29 is 28.2 Å². The predicted molar refractivity (Wildman–Crippen MR) is 109 cm³/mol. The highest BCUT2D eigenvalue weighted by Crippen LogP contribution is 2.32. The number of hydrogen-bond acceptors (Lipinski definition) is 5. The Morgan fingerprint density at radius 1 is 0.967 bits per heavy atom. The van der Waals surface area contributed by atoms with E-state index in [1.807, 2.05) is 0 Å². The number of rotatable bonds is 5. The first-order chi connectivity index (χ1) is 14.5. The SMILES string of the molecule is O=C(/C=C/c1c(F)cccc1Cl)c1ccc(OC(=O)c2ccc3c(c2)OCO3)cc1. The number of fused-ring (bicyclic) bond motifs is 1. The van der Waals surface area contributed by atoms with Crippen molar-refractivity contribution in [1.82, 2.24) is 0 Å². The van der Waals surface area contributed by atoms with Crippen LogP contribution in [0.5, 0.6) is 17.2 Å². The molecule has 0 aromatic heterocycles. The molecule has 30 heavy (non-hydrogen) atoms. The van der Waals surface area contributed by atoms with E-state index in [4.69, 9.17) is 25.8 Å². The molecule has 150 valence electrons. The van der Waals surface area contributed by atoms with Gasteiger partial charge in [0.05, 0.1) is 10.6 Å². The van der Waals surface area contributed by atoms with Crippen LogP contribution in [0.4, 0.5) is 4.39 Å². The van der Waals surface area contributed by atoms with Gasteiger partial charge in [-0.3, -0.25) is 4.79 Å². The smallest absolute Gasteiger partial charge is 0.343 e. The monoisotopic (exact) mass is 424 g/mol. The van der Waals surface area contributed by atoms with Gasteiger partial charge in [-0.15, -0.1) is 0 Å². The van der Waals surface area contributed by atoms with Crippen LogP contribution < -0.4 is 14.2 Å². The molecule has 0 amide bonds. The maximum absolute atomic E-state index is 13.8. The molecule has 0 unspecified atom stereocenters. The fraction of sp³-hybridized carbons (Fsp3) is 0.0435. The molecule has 3 aromatic rings. The normalized spacial score (nSPS) is 12.2. The number of esters is 1. The van der Waals surface area contributed by atoms with E-state index >= 15 is 0 Å². The average Bonchev–Trinajstić information content (AvgIpc) is 3.21. The number of allylic oxidation sites excluding steroid dienone is 1. The van der Waals surface area contributed by atoms with Gasteiger partial charge in [0.15, 0.2) is 17.3 Å². The fourth-order valence-corrected chi connectivity index (χ4v) is 3.03. The third-order valence-electron chi connectivity index (χ3n) is 4.36. The van der Waals surface area contributed by atoms with E-state index in [0.717, 1.165) is 0 Å². The Bertz CT molecular complexity index is 1130. The van der Waals surface area contributed by atoms with E-state index in [1.165, 1.54) is 54.6 Å². The highest BCUT2D eigenvalue weighted by atomic mass is 35.5. The second kappa shape index (κ2) is 8.39. The second-order valence-corrected chi connectivity index (χ2v) is 6.72. The van der Waals surface area contributed by atoms with Crippen molar-refractivity contribution in [2.45, 2.75) is 0 Å². The van der Waals surface area contributed by atoms with Gasteiger partial charge in [-0.25, -0.2) is 9.18 Å². The molecule has 0 spiro atoms. The van der Waals surface area contributed by atoms with Crippen LogP contribution in [0.25, 0.3) is 6.08 Å². The summed E-state index contributed by atoms with van der Waals surface area (Å²) in [4.78, 5) is 24.6. The first-order valence-electron chi connectivity index (χ1n) is 8.89. The van der Waals surface area contributed by atoms with E-state index in [1.54, 1.807) is 18.2 Å². The van der Waals surface area contributed by atoms with E-state index in [-0.39, 0.29) is 28.9 Å². The Balaban J connectivity index is 1.43. The largest absolute Gasteiger partial charge is 0.454 e. The molecule has 1 aliphatic heterocycles. The number of benzene rings is 3. The van der Waals surface area contributed by atoms with Gasteiger partial charge >= 0.3 is 5.97 Å². The highest BCUT2D eigenvalue weighted by Gasteiger charge is 2.17. The number of ether oxygens (including phenoxy) is 3. The zero-order valence-corrected chi connectivity index (χ0v) is 16.2. The molecule has 7 heteroatoms. The summed E-state index contributed by atoms with van der Waals surface area (Å²) < 4.78 is 29.6. The van der Waals surface area contributed by atoms with Crippen molar-refractivity contribution in [3.05, 3.63) is 94.3 Å². The second-order valence-electron chi connectivity index (χ2n) is 6.31. The van der Waals surface area contributed by atoms with Crippen LogP contribution in [-0.4, -0.2) is 18.5 Å². The minimum Gasteiger partial charge on any atom is -0.454 e. The minimum absolute atomic E-state index is 0.112. The summed E-state index contributed by atoms with van der Waals surface area (Å²) in [5.41, 5.74) is 0.799. The Morgan fingerprint density at radius 3 is 2.47 bits per heavy atom. The molecule has 5 nitrogen and oxygen atoms in total. The van der Waals surface area contributed by atoms with Crippen LogP contribution in [0, 0.1) is 5.82 Å². The Morgan fingerprint density at radius 2 is 1.70 bits per heavy atom. The zero-order chi connectivity index (χ0) is 21.1. The topological polar surface area (TPSA) is 61.8 Å². The van der Waals surface area contributed by atoms with Gasteiger partial charge in [0.2, 0.25) is 6.79 Å². The first kappa shape index (κ1) is 19.7. The Hall–Kier alpha value is -3.64. The number of hydrogen-bond donors (Lipinski definition) is 0. The third kappa shape index (κ3) is 4.18. The van der Waals surface area contributed by atoms with Crippen LogP contribution >= 0.6 is 11.6 Å². The van der Waals surface area contributed by atoms with Crippen molar-refractivity contribution in [2.24, 2.45) is 0 Å². The van der Waals surface area contributed by atoms with Crippen LogP contribution in [0.1, 0.15) is 26.3 Å². The summed E-state index contributed by atoms with van der Waals surface area (Å²) >= 11 is 5.94. The average molecular weight is 425 g/mol. The molecule has 0 atom stereocenters. The summed E-state index contributed by atoms with van der Waals surface area (Å²) in [7, 11) is 0. The van der Waals surface area contributed by atoms with Gasteiger partial charge < -0.3 is 14.2 Å². The quantitative estimate of drug-likeness (QED) is 0.240. The molecular weight excluding hydrogens is 411 g/mol. The summed E-state index contributed by atoms with van der Waals surface area (Å²) in [5.74, 6) is -0.108. The third-order valence-corrected chi connectivity index (χ3v) is 4.69. The highest BCUT2D eigenvalue weighted by molar-refractivity contribution is 6.32. The van der Waals surface area contributed by atoms with E-state index in [9.17, 15) is 14.0 Å². The zero-order valence-electron chi connectivity index (χ0n) is 15.4. The van der Waals surface area contributed by atoms with Crippen molar-refractivity contribution >= 4 is 29.4 Å². The molecule has 0 bridgehead atoms. The fourth-order valence-electron chi connectivity index (χ4n) is 2.80. The van der Waals surface area contributed by atoms with Crippen molar-refractivity contribution in [2.75, 3.05) is 6.79 Å². The number of ketones is 1. The van der Waals surface area contributed by atoms with Crippen LogP contribution in [0.2, 0.25) is 5.02 Å². The van der Waals surface area contributed by atoms with Crippen molar-refractivity contribution in [3.63, 3.8) is 0 Å². The Kier molecular flexibility index (Phi) is 5.50. The van der Waals surface area contributed by atoms with Gasteiger partial charge in [-0.05, 0) is 66.7 Å². The lowest BCUT2D eigenvalue weighted by Gasteiger charge is -2.06. The molecule has 0 saturated heterocycles. The number of carbonyl (C=O) groups excluding carboxylic acids is 2. The predicted octanol–water partition coefficient (Wildman–Crippen LogP) is 5.32. The van der Waals surface area contributed by atoms with Crippen LogP contribution in [0.15, 0.2) is 66.7 Å². The maximum atomic E-state index is 13.8. The summed E-state index contributed by atoms with van der Waals surface area (Å²) in [6, 6.07) is 15.1. The van der Waals surface area contributed by atoms with Gasteiger partial charge in [0.25, 0.3) is 0 Å². The minimum atomic E-state index is -0.568. The molecule has 3 aromatic carbocycles. The van der Waals surface area contributed by atoms with E-state index < -0.39 is 11.8 Å². The van der Waals surface area contributed by atoms with Crippen molar-refractivity contribution in [1.29, 1.82) is 0 Å². The van der Waals surface area contributed by atoms with Gasteiger partial charge in [0.1, 0.15) is 11.6 Å². The van der Waals surface area contributed by atoms with Crippen LogP contribution in [0.3, 0.4) is 0 Å². The Labute approximate surface area is 176 Å².